The van der Waals surface area contributed by atoms with Gasteiger partial charge in [0.05, 0.1) is 12.0 Å². The molecule has 1 aromatic rings. The summed E-state index contributed by atoms with van der Waals surface area (Å²) < 4.78 is 0. The first-order chi connectivity index (χ1) is 11.2. The van der Waals surface area contributed by atoms with Gasteiger partial charge in [-0.25, -0.2) is 0 Å². The number of fused-ring (bicyclic) bond motifs is 6. The van der Waals surface area contributed by atoms with Gasteiger partial charge in [0.2, 0.25) is 0 Å². The van der Waals surface area contributed by atoms with Crippen LogP contribution in [-0.4, -0.2) is 10.9 Å². The lowest BCUT2D eigenvalue weighted by molar-refractivity contribution is -0.140. The average molecular weight is 308 g/mol. The molecule has 0 heterocycles. The Bertz CT molecular complexity index is 691. The van der Waals surface area contributed by atoms with Gasteiger partial charge >= 0.3 is 0 Å². The maximum Gasteiger partial charge on any atom is 0.149 e. The van der Waals surface area contributed by atoms with Crippen molar-refractivity contribution in [3.8, 4) is 0 Å². The molecular formula is C21H24O2. The van der Waals surface area contributed by atoms with Crippen LogP contribution in [-0.2, 0) is 4.79 Å². The van der Waals surface area contributed by atoms with Crippen LogP contribution in [0.5, 0.6) is 0 Å². The van der Waals surface area contributed by atoms with Gasteiger partial charge in [-0.15, -0.1) is 0 Å². The van der Waals surface area contributed by atoms with E-state index < -0.39 is 6.10 Å². The van der Waals surface area contributed by atoms with Gasteiger partial charge in [-0.2, -0.15) is 0 Å². The Morgan fingerprint density at radius 2 is 2.04 bits per heavy atom. The minimum atomic E-state index is -0.668. The summed E-state index contributed by atoms with van der Waals surface area (Å²) in [6, 6.07) is 7.93. The number of benzene rings is 1. The summed E-state index contributed by atoms with van der Waals surface area (Å²) >= 11 is 0. The normalized spacial score (nSPS) is 43.4. The van der Waals surface area contributed by atoms with Gasteiger partial charge in [-0.3, -0.25) is 4.79 Å². The Kier molecular flexibility index (Phi) is 2.91. The predicted octanol–water partition coefficient (Wildman–Crippen LogP) is 4.15. The van der Waals surface area contributed by atoms with Crippen molar-refractivity contribution in [3.05, 3.63) is 41.5 Å². The van der Waals surface area contributed by atoms with Crippen LogP contribution in [0.1, 0.15) is 55.8 Å². The molecule has 0 aliphatic heterocycles. The highest BCUT2D eigenvalue weighted by Crippen LogP contribution is 2.67. The molecule has 1 aromatic carbocycles. The molecular weight excluding hydrogens is 284 g/mol. The van der Waals surface area contributed by atoms with Crippen LogP contribution in [0.25, 0.3) is 6.08 Å². The zero-order valence-electron chi connectivity index (χ0n) is 13.4. The molecule has 0 amide bonds. The third kappa shape index (κ3) is 1.71. The van der Waals surface area contributed by atoms with E-state index >= 15 is 0 Å². The Labute approximate surface area is 137 Å². The zero-order valence-corrected chi connectivity index (χ0v) is 13.4. The maximum atomic E-state index is 13.6. The molecule has 5 rings (SSSR count). The van der Waals surface area contributed by atoms with Gasteiger partial charge < -0.3 is 5.11 Å². The first-order valence-corrected chi connectivity index (χ1v) is 9.21. The second-order valence-electron chi connectivity index (χ2n) is 8.13. The quantitative estimate of drug-likeness (QED) is 0.891. The van der Waals surface area contributed by atoms with E-state index in [0.29, 0.717) is 17.6 Å². The molecule has 2 heteroatoms. The molecule has 2 bridgehead atoms. The fourth-order valence-electron chi connectivity index (χ4n) is 6.56. The van der Waals surface area contributed by atoms with Crippen LogP contribution in [0.4, 0.5) is 0 Å². The second-order valence-corrected chi connectivity index (χ2v) is 8.13. The summed E-state index contributed by atoms with van der Waals surface area (Å²) in [5.41, 5.74) is 1.87. The zero-order chi connectivity index (χ0) is 15.6. The number of carbonyl (C=O) groups is 1. The van der Waals surface area contributed by atoms with E-state index in [4.69, 9.17) is 0 Å². The van der Waals surface area contributed by atoms with E-state index in [-0.39, 0.29) is 11.3 Å². The van der Waals surface area contributed by atoms with Crippen molar-refractivity contribution in [1.29, 1.82) is 0 Å². The molecule has 0 spiro atoms. The number of rotatable bonds is 2. The maximum absolute atomic E-state index is 13.6. The fraction of sp³-hybridized carbons (Fsp3) is 0.571. The predicted molar refractivity (Wildman–Crippen MR) is 89.5 cm³/mol. The number of ketones is 1. The van der Waals surface area contributed by atoms with Crippen molar-refractivity contribution in [2.24, 2.45) is 29.1 Å². The third-order valence-corrected chi connectivity index (χ3v) is 7.44. The number of aliphatic hydroxyl groups excluding tert-OH is 1. The number of carbonyl (C=O) groups excluding carboxylic acids is 1. The minimum Gasteiger partial charge on any atom is -0.387 e. The SMILES string of the molecule is O=C(C1C=Cc2ccccc2C1O)C12CCCC1C1CCC2C1. The average Bonchev–Trinajstić information content (AvgIpc) is 3.27. The molecule has 4 aliphatic rings. The number of hydrogen-bond donors (Lipinski definition) is 1. The fourth-order valence-corrected chi connectivity index (χ4v) is 6.56. The molecule has 4 aliphatic carbocycles. The molecule has 3 fully saturated rings. The Morgan fingerprint density at radius 1 is 1.17 bits per heavy atom. The van der Waals surface area contributed by atoms with Gasteiger partial charge in [0.15, 0.2) is 0 Å². The second kappa shape index (κ2) is 4.80. The number of Topliss-reactive ketones (excluding diaryl/α,β-unsaturated/α-hetero) is 1. The highest BCUT2D eigenvalue weighted by molar-refractivity contribution is 5.92. The summed E-state index contributed by atoms with van der Waals surface area (Å²) in [7, 11) is 0. The van der Waals surface area contributed by atoms with Gasteiger partial charge in [-0.05, 0) is 61.0 Å². The van der Waals surface area contributed by atoms with E-state index in [1.807, 2.05) is 36.4 Å². The van der Waals surface area contributed by atoms with Crippen LogP contribution >= 0.6 is 0 Å². The largest absolute Gasteiger partial charge is 0.387 e. The minimum absolute atomic E-state index is 0.106. The van der Waals surface area contributed by atoms with Gasteiger partial charge in [0.25, 0.3) is 0 Å². The van der Waals surface area contributed by atoms with Crippen LogP contribution in [0.15, 0.2) is 30.3 Å². The van der Waals surface area contributed by atoms with E-state index in [9.17, 15) is 9.90 Å². The van der Waals surface area contributed by atoms with Crippen LogP contribution in [0, 0.1) is 29.1 Å². The monoisotopic (exact) mass is 308 g/mol. The van der Waals surface area contributed by atoms with Crippen molar-refractivity contribution in [3.63, 3.8) is 0 Å². The molecule has 6 unspecified atom stereocenters. The van der Waals surface area contributed by atoms with E-state index in [1.165, 1.54) is 32.1 Å². The first-order valence-electron chi connectivity index (χ1n) is 9.21. The summed E-state index contributed by atoms with van der Waals surface area (Å²) in [5, 5.41) is 10.9. The Morgan fingerprint density at radius 3 is 2.96 bits per heavy atom. The van der Waals surface area contributed by atoms with Crippen molar-refractivity contribution >= 4 is 11.9 Å². The van der Waals surface area contributed by atoms with E-state index in [1.54, 1.807) is 0 Å². The molecule has 120 valence electrons. The Balaban J connectivity index is 1.52. The summed E-state index contributed by atoms with van der Waals surface area (Å²) in [6.07, 6.45) is 10.7. The number of aliphatic hydroxyl groups is 1. The highest BCUT2D eigenvalue weighted by atomic mass is 16.3. The van der Waals surface area contributed by atoms with Crippen molar-refractivity contribution in [1.82, 2.24) is 0 Å². The standard InChI is InChI=1S/C21H24O2/c22-19-16-5-2-1-4-13(16)8-10-17(19)20(23)21-11-3-6-18(21)14-7-9-15(21)12-14/h1-2,4-5,8,10,14-15,17-19,22H,3,6-7,9,11-12H2. The third-order valence-electron chi connectivity index (χ3n) is 7.44. The van der Waals surface area contributed by atoms with E-state index in [0.717, 1.165) is 23.5 Å². The highest BCUT2D eigenvalue weighted by Gasteiger charge is 2.64. The van der Waals surface area contributed by atoms with Crippen molar-refractivity contribution in [2.45, 2.75) is 44.6 Å². The van der Waals surface area contributed by atoms with Gasteiger partial charge in [0, 0.05) is 5.41 Å². The first kappa shape index (κ1) is 14.0. The van der Waals surface area contributed by atoms with Gasteiger partial charge in [0.1, 0.15) is 5.78 Å². The van der Waals surface area contributed by atoms with Crippen LogP contribution in [0.3, 0.4) is 0 Å². The molecule has 3 saturated carbocycles. The molecule has 6 atom stereocenters. The van der Waals surface area contributed by atoms with Crippen molar-refractivity contribution in [2.75, 3.05) is 0 Å². The van der Waals surface area contributed by atoms with Crippen LogP contribution < -0.4 is 0 Å². The van der Waals surface area contributed by atoms with E-state index in [2.05, 4.69) is 0 Å². The Hall–Kier alpha value is -1.41. The molecule has 2 nitrogen and oxygen atoms in total. The van der Waals surface area contributed by atoms with Crippen LogP contribution in [0.2, 0.25) is 0 Å². The lowest BCUT2D eigenvalue weighted by Gasteiger charge is -2.41. The molecule has 0 aromatic heterocycles. The summed E-state index contributed by atoms with van der Waals surface area (Å²) in [5.74, 6) is 1.98. The molecule has 0 saturated heterocycles. The molecule has 0 radical (unpaired) electrons. The summed E-state index contributed by atoms with van der Waals surface area (Å²) in [6.45, 7) is 0. The lowest BCUT2D eigenvalue weighted by atomic mass is 9.61. The topological polar surface area (TPSA) is 37.3 Å². The number of hydrogen-bond acceptors (Lipinski definition) is 2. The van der Waals surface area contributed by atoms with Gasteiger partial charge in [-0.1, -0.05) is 42.8 Å². The molecule has 23 heavy (non-hydrogen) atoms. The smallest absolute Gasteiger partial charge is 0.149 e. The molecule has 1 N–H and O–H groups in total. The summed E-state index contributed by atoms with van der Waals surface area (Å²) in [4.78, 5) is 13.6. The lowest BCUT2D eigenvalue weighted by Crippen LogP contribution is -2.44. The van der Waals surface area contributed by atoms with Crippen molar-refractivity contribution < 1.29 is 9.90 Å².